The minimum Gasteiger partial charge on any atom is -0.276 e. The van der Waals surface area contributed by atoms with Crippen molar-refractivity contribution < 1.29 is 13.2 Å². The summed E-state index contributed by atoms with van der Waals surface area (Å²) in [5.41, 5.74) is -0.214. The summed E-state index contributed by atoms with van der Waals surface area (Å²) in [4.78, 5) is 0. The Hall–Kier alpha value is -1.01. The molecule has 0 atom stereocenters. The van der Waals surface area contributed by atoms with Gasteiger partial charge in [0.05, 0.1) is 26.9 Å². The Morgan fingerprint density at radius 2 is 1.79 bits per heavy atom. The number of benzene rings is 1. The largest absolute Gasteiger partial charge is 0.416 e. The van der Waals surface area contributed by atoms with Crippen LogP contribution in [0.2, 0.25) is 10.0 Å². The van der Waals surface area contributed by atoms with Crippen molar-refractivity contribution in [3.8, 4) is 17.3 Å². The van der Waals surface area contributed by atoms with E-state index in [1.807, 2.05) is 6.07 Å². The molecule has 10 heteroatoms. The Bertz CT molecular complexity index is 855. The second-order valence-electron chi connectivity index (χ2n) is 4.59. The van der Waals surface area contributed by atoms with Gasteiger partial charge >= 0.3 is 6.18 Å². The molecular formula is C14H6Br2Cl2F3N3. The standard InChI is InChI=1S/C14H6Br2Cl2F3N3/c1-5(15)12(16)11-9(4-22)23-24-13(11)10-7(17)2-6(3-8(10)18)14(19,20)21/h2-3H,1H3,(H,23,24)/b12-5+. The number of nitrogens with one attached hydrogen (secondary N) is 1. The minimum absolute atomic E-state index is 0.0442. The summed E-state index contributed by atoms with van der Waals surface area (Å²) >= 11 is 18.6. The lowest BCUT2D eigenvalue weighted by Gasteiger charge is -2.12. The van der Waals surface area contributed by atoms with Crippen LogP contribution in [0.5, 0.6) is 0 Å². The Kier molecular flexibility index (Phi) is 5.70. The fourth-order valence-electron chi connectivity index (χ4n) is 1.97. The molecule has 2 rings (SSSR count). The molecule has 0 fully saturated rings. The number of rotatable bonds is 2. The highest BCUT2D eigenvalue weighted by molar-refractivity contribution is 9.16. The maximum atomic E-state index is 12.9. The Morgan fingerprint density at radius 3 is 2.21 bits per heavy atom. The topological polar surface area (TPSA) is 52.5 Å². The minimum atomic E-state index is -4.58. The van der Waals surface area contributed by atoms with Crippen molar-refractivity contribution in [3.63, 3.8) is 0 Å². The third-order valence-corrected chi connectivity index (χ3v) is 5.53. The summed E-state index contributed by atoms with van der Waals surface area (Å²) in [5, 5.41) is 15.2. The van der Waals surface area contributed by atoms with Crippen LogP contribution in [0, 0.1) is 11.3 Å². The predicted octanol–water partition coefficient (Wildman–Crippen LogP) is 6.75. The fraction of sp³-hybridized carbons (Fsp3) is 0.143. The monoisotopic (exact) mass is 501 g/mol. The number of aromatic amines is 1. The quantitative estimate of drug-likeness (QED) is 0.492. The molecule has 1 aromatic heterocycles. The van der Waals surface area contributed by atoms with Gasteiger partial charge in [0.1, 0.15) is 6.07 Å². The second kappa shape index (κ2) is 7.08. The van der Waals surface area contributed by atoms with E-state index in [9.17, 15) is 18.4 Å². The van der Waals surface area contributed by atoms with E-state index in [1.165, 1.54) is 0 Å². The lowest BCUT2D eigenvalue weighted by atomic mass is 10.0. The molecule has 0 radical (unpaired) electrons. The van der Waals surface area contributed by atoms with Crippen molar-refractivity contribution >= 4 is 59.5 Å². The molecule has 0 saturated carbocycles. The Labute approximate surface area is 161 Å². The van der Waals surface area contributed by atoms with Crippen molar-refractivity contribution in [2.24, 2.45) is 0 Å². The summed E-state index contributed by atoms with van der Waals surface area (Å²) in [6, 6.07) is 3.45. The van der Waals surface area contributed by atoms with Gasteiger partial charge in [0.25, 0.3) is 0 Å². The van der Waals surface area contributed by atoms with E-state index in [-0.39, 0.29) is 27.0 Å². The highest BCUT2D eigenvalue weighted by Gasteiger charge is 2.33. The molecule has 0 aliphatic heterocycles. The van der Waals surface area contributed by atoms with Crippen LogP contribution < -0.4 is 0 Å². The van der Waals surface area contributed by atoms with Gasteiger partial charge < -0.3 is 0 Å². The lowest BCUT2D eigenvalue weighted by Crippen LogP contribution is -2.05. The zero-order valence-corrected chi connectivity index (χ0v) is 16.4. The molecule has 1 N–H and O–H groups in total. The van der Waals surface area contributed by atoms with Crippen LogP contribution in [0.4, 0.5) is 13.2 Å². The maximum absolute atomic E-state index is 12.9. The van der Waals surface area contributed by atoms with Crippen molar-refractivity contribution in [1.82, 2.24) is 10.2 Å². The first kappa shape index (κ1) is 19.3. The van der Waals surface area contributed by atoms with Gasteiger partial charge in [0.2, 0.25) is 0 Å². The van der Waals surface area contributed by atoms with E-state index in [4.69, 9.17) is 23.2 Å². The smallest absolute Gasteiger partial charge is 0.276 e. The molecule has 0 aliphatic rings. The molecule has 1 heterocycles. The highest BCUT2D eigenvalue weighted by atomic mass is 79.9. The van der Waals surface area contributed by atoms with Crippen LogP contribution in [-0.4, -0.2) is 10.2 Å². The fourth-order valence-corrected chi connectivity index (χ4v) is 3.23. The van der Waals surface area contributed by atoms with Crippen molar-refractivity contribution in [2.45, 2.75) is 13.1 Å². The van der Waals surface area contributed by atoms with Gasteiger partial charge in [-0.3, -0.25) is 5.10 Å². The third kappa shape index (κ3) is 3.64. The van der Waals surface area contributed by atoms with Gasteiger partial charge in [0.15, 0.2) is 5.69 Å². The molecule has 0 spiro atoms. The first-order chi connectivity index (χ1) is 11.1. The molecule has 2 aromatic rings. The van der Waals surface area contributed by atoms with Gasteiger partial charge in [-0.2, -0.15) is 23.5 Å². The summed E-state index contributed by atoms with van der Waals surface area (Å²) in [5.74, 6) is 0. The van der Waals surface area contributed by atoms with Gasteiger partial charge in [0, 0.05) is 14.5 Å². The van der Waals surface area contributed by atoms with Crippen LogP contribution >= 0.6 is 55.1 Å². The van der Waals surface area contributed by atoms with Crippen molar-refractivity contribution in [2.75, 3.05) is 0 Å². The van der Waals surface area contributed by atoms with Crippen LogP contribution in [0.1, 0.15) is 23.7 Å². The number of alkyl halides is 3. The molecule has 3 nitrogen and oxygen atoms in total. The third-order valence-electron chi connectivity index (χ3n) is 3.01. The van der Waals surface area contributed by atoms with Crippen LogP contribution in [0.15, 0.2) is 16.6 Å². The number of aromatic nitrogens is 2. The highest BCUT2D eigenvalue weighted by Crippen LogP contribution is 2.44. The summed E-state index contributed by atoms with van der Waals surface area (Å²) in [7, 11) is 0. The maximum Gasteiger partial charge on any atom is 0.416 e. The van der Waals surface area contributed by atoms with Gasteiger partial charge in [-0.1, -0.05) is 39.1 Å². The zero-order chi connectivity index (χ0) is 18.2. The number of hydrogen-bond acceptors (Lipinski definition) is 2. The predicted molar refractivity (Wildman–Crippen MR) is 94.2 cm³/mol. The Morgan fingerprint density at radius 1 is 1.25 bits per heavy atom. The van der Waals surface area contributed by atoms with Gasteiger partial charge in [-0.25, -0.2) is 0 Å². The Balaban J connectivity index is 2.78. The van der Waals surface area contributed by atoms with E-state index < -0.39 is 11.7 Å². The summed E-state index contributed by atoms with van der Waals surface area (Å²) < 4.78 is 39.7. The number of nitrogens with zero attached hydrogens (tertiary/aromatic N) is 2. The second-order valence-corrected chi connectivity index (χ2v) is 7.39. The number of nitriles is 1. The van der Waals surface area contributed by atoms with Crippen molar-refractivity contribution in [3.05, 3.63) is 43.5 Å². The number of hydrogen-bond donors (Lipinski definition) is 1. The molecule has 126 valence electrons. The molecule has 0 aliphatic carbocycles. The molecule has 1 aromatic carbocycles. The molecule has 0 unspecified atom stereocenters. The van der Waals surface area contributed by atoms with Crippen LogP contribution in [0.3, 0.4) is 0 Å². The van der Waals surface area contributed by atoms with Gasteiger partial charge in [-0.05, 0) is 35.0 Å². The normalized spacial score (nSPS) is 12.8. The molecule has 24 heavy (non-hydrogen) atoms. The lowest BCUT2D eigenvalue weighted by molar-refractivity contribution is -0.137. The average molecular weight is 504 g/mol. The average Bonchev–Trinajstić information content (AvgIpc) is 2.88. The van der Waals surface area contributed by atoms with E-state index in [0.29, 0.717) is 14.5 Å². The van der Waals surface area contributed by atoms with E-state index in [1.54, 1.807) is 6.92 Å². The molecule has 0 saturated heterocycles. The van der Waals surface area contributed by atoms with Gasteiger partial charge in [-0.15, -0.1) is 0 Å². The SMILES string of the molecule is C/C(Br)=C(\Br)c1c(C#N)n[nH]c1-c1c(Cl)cc(C(F)(F)F)cc1Cl. The summed E-state index contributed by atoms with van der Waals surface area (Å²) in [6.07, 6.45) is -4.58. The van der Waals surface area contributed by atoms with Crippen LogP contribution in [0.25, 0.3) is 15.7 Å². The first-order valence-corrected chi connectivity index (χ1v) is 8.49. The molecule has 0 amide bonds. The molecule has 0 bridgehead atoms. The zero-order valence-electron chi connectivity index (χ0n) is 11.7. The first-order valence-electron chi connectivity index (χ1n) is 6.15. The van der Waals surface area contributed by atoms with Crippen molar-refractivity contribution in [1.29, 1.82) is 5.26 Å². The van der Waals surface area contributed by atoms with E-state index in [0.717, 1.165) is 12.1 Å². The van der Waals surface area contributed by atoms with E-state index in [2.05, 4.69) is 42.1 Å². The van der Waals surface area contributed by atoms with E-state index >= 15 is 0 Å². The number of allylic oxidation sites excluding steroid dienone is 1. The number of H-pyrrole nitrogens is 1. The van der Waals surface area contributed by atoms with Crippen LogP contribution in [-0.2, 0) is 6.18 Å². The number of halogens is 7. The summed E-state index contributed by atoms with van der Waals surface area (Å²) in [6.45, 7) is 1.72. The molecular weight excluding hydrogens is 498 g/mol.